The SMILES string of the molecule is CCCCOC1CCC(C(=O)c2ccc3nc(C)c(CC)cc3c2)CC1. The van der Waals surface area contributed by atoms with Crippen LogP contribution < -0.4 is 0 Å². The second-order valence-corrected chi connectivity index (χ2v) is 7.56. The van der Waals surface area contributed by atoms with Gasteiger partial charge in [0, 0.05) is 29.2 Å². The van der Waals surface area contributed by atoms with Crippen LogP contribution >= 0.6 is 0 Å². The van der Waals surface area contributed by atoms with Crippen LogP contribution in [0.4, 0.5) is 0 Å². The Hall–Kier alpha value is -1.74. The Kier molecular flexibility index (Phi) is 6.42. The van der Waals surface area contributed by atoms with Gasteiger partial charge in [-0.1, -0.05) is 20.3 Å². The van der Waals surface area contributed by atoms with Gasteiger partial charge in [-0.15, -0.1) is 0 Å². The van der Waals surface area contributed by atoms with Crippen LogP contribution in [-0.2, 0) is 11.2 Å². The van der Waals surface area contributed by atoms with Crippen LogP contribution in [0.2, 0.25) is 0 Å². The minimum atomic E-state index is 0.141. The maximum absolute atomic E-state index is 13.0. The molecule has 140 valence electrons. The number of benzene rings is 1. The first-order valence-corrected chi connectivity index (χ1v) is 10.2. The quantitative estimate of drug-likeness (QED) is 0.476. The topological polar surface area (TPSA) is 39.2 Å². The molecule has 0 N–H and O–H groups in total. The van der Waals surface area contributed by atoms with Crippen molar-refractivity contribution in [2.75, 3.05) is 6.61 Å². The van der Waals surface area contributed by atoms with Gasteiger partial charge in [0.1, 0.15) is 0 Å². The summed E-state index contributed by atoms with van der Waals surface area (Å²) in [4.78, 5) is 17.6. The molecular formula is C23H31NO2. The van der Waals surface area contributed by atoms with Crippen LogP contribution in [0.25, 0.3) is 10.9 Å². The molecule has 0 radical (unpaired) electrons. The molecule has 0 aliphatic heterocycles. The number of unbranched alkanes of at least 4 members (excludes halogenated alkanes) is 1. The minimum absolute atomic E-state index is 0.141. The van der Waals surface area contributed by atoms with E-state index < -0.39 is 0 Å². The van der Waals surface area contributed by atoms with Crippen molar-refractivity contribution >= 4 is 16.7 Å². The number of ether oxygens (including phenoxy) is 1. The minimum Gasteiger partial charge on any atom is -0.378 e. The van der Waals surface area contributed by atoms with E-state index in [1.54, 1.807) is 0 Å². The number of fused-ring (bicyclic) bond motifs is 1. The lowest BCUT2D eigenvalue weighted by Crippen LogP contribution is -2.26. The summed E-state index contributed by atoms with van der Waals surface area (Å²) in [6.07, 6.45) is 7.52. The third-order valence-corrected chi connectivity index (χ3v) is 5.67. The van der Waals surface area contributed by atoms with E-state index in [0.717, 1.165) is 67.3 Å². The Balaban J connectivity index is 1.67. The van der Waals surface area contributed by atoms with Crippen molar-refractivity contribution in [3.05, 3.63) is 41.1 Å². The van der Waals surface area contributed by atoms with Crippen molar-refractivity contribution < 1.29 is 9.53 Å². The van der Waals surface area contributed by atoms with Crippen molar-refractivity contribution in [2.24, 2.45) is 5.92 Å². The maximum Gasteiger partial charge on any atom is 0.165 e. The first-order chi connectivity index (χ1) is 12.6. The summed E-state index contributed by atoms with van der Waals surface area (Å²) in [5, 5.41) is 1.08. The first-order valence-electron chi connectivity index (χ1n) is 10.2. The molecule has 3 heteroatoms. The number of carbonyl (C=O) groups excluding carboxylic acids is 1. The zero-order chi connectivity index (χ0) is 18.5. The number of ketones is 1. The third kappa shape index (κ3) is 4.32. The molecule has 3 nitrogen and oxygen atoms in total. The van der Waals surface area contributed by atoms with Gasteiger partial charge < -0.3 is 4.74 Å². The average molecular weight is 354 g/mol. The molecule has 26 heavy (non-hydrogen) atoms. The monoisotopic (exact) mass is 353 g/mol. The molecule has 0 amide bonds. The normalized spacial score (nSPS) is 20.4. The molecule has 1 heterocycles. The third-order valence-electron chi connectivity index (χ3n) is 5.67. The largest absolute Gasteiger partial charge is 0.378 e. The highest BCUT2D eigenvalue weighted by atomic mass is 16.5. The second-order valence-electron chi connectivity index (χ2n) is 7.56. The summed E-state index contributed by atoms with van der Waals surface area (Å²) < 4.78 is 5.93. The van der Waals surface area contributed by atoms with E-state index in [1.165, 1.54) is 12.0 Å². The van der Waals surface area contributed by atoms with Crippen LogP contribution in [-0.4, -0.2) is 23.5 Å². The van der Waals surface area contributed by atoms with E-state index in [0.29, 0.717) is 6.10 Å². The van der Waals surface area contributed by atoms with Gasteiger partial charge in [-0.3, -0.25) is 9.78 Å². The van der Waals surface area contributed by atoms with Gasteiger partial charge in [-0.05, 0) is 75.3 Å². The van der Waals surface area contributed by atoms with E-state index in [1.807, 2.05) is 18.2 Å². The Morgan fingerprint density at radius 1 is 1.15 bits per heavy atom. The fourth-order valence-corrected chi connectivity index (χ4v) is 3.95. The number of hydrogen-bond acceptors (Lipinski definition) is 3. The van der Waals surface area contributed by atoms with E-state index in [2.05, 4.69) is 31.8 Å². The zero-order valence-corrected chi connectivity index (χ0v) is 16.4. The fourth-order valence-electron chi connectivity index (χ4n) is 3.95. The molecule has 0 bridgehead atoms. The van der Waals surface area contributed by atoms with E-state index in [-0.39, 0.29) is 11.7 Å². The fraction of sp³-hybridized carbons (Fsp3) is 0.565. The van der Waals surface area contributed by atoms with Crippen LogP contribution in [0.1, 0.15) is 74.0 Å². The van der Waals surface area contributed by atoms with Crippen molar-refractivity contribution in [1.29, 1.82) is 0 Å². The first kappa shape index (κ1) is 19.0. The van der Waals surface area contributed by atoms with Crippen LogP contribution in [0.15, 0.2) is 24.3 Å². The number of aryl methyl sites for hydroxylation is 2. The predicted molar refractivity (Wildman–Crippen MR) is 107 cm³/mol. The molecule has 0 saturated heterocycles. The van der Waals surface area contributed by atoms with Crippen molar-refractivity contribution in [2.45, 2.75) is 71.8 Å². The lowest BCUT2D eigenvalue weighted by Gasteiger charge is -2.27. The lowest BCUT2D eigenvalue weighted by atomic mass is 9.82. The lowest BCUT2D eigenvalue weighted by molar-refractivity contribution is 0.0174. The number of aromatic nitrogens is 1. The van der Waals surface area contributed by atoms with E-state index in [4.69, 9.17) is 4.74 Å². The predicted octanol–water partition coefficient (Wildman–Crippen LogP) is 5.66. The molecule has 1 fully saturated rings. The molecular weight excluding hydrogens is 322 g/mol. The molecule has 2 aromatic rings. The molecule has 1 aromatic heterocycles. The van der Waals surface area contributed by atoms with Gasteiger partial charge in [-0.2, -0.15) is 0 Å². The number of rotatable bonds is 7. The molecule has 3 rings (SSSR count). The van der Waals surface area contributed by atoms with Crippen molar-refractivity contribution in [1.82, 2.24) is 4.98 Å². The highest BCUT2D eigenvalue weighted by molar-refractivity contribution is 6.01. The molecule has 1 aromatic carbocycles. The Bertz CT molecular complexity index is 760. The van der Waals surface area contributed by atoms with E-state index >= 15 is 0 Å². The van der Waals surface area contributed by atoms with Crippen LogP contribution in [0.5, 0.6) is 0 Å². The number of carbonyl (C=O) groups is 1. The maximum atomic E-state index is 13.0. The van der Waals surface area contributed by atoms with Gasteiger partial charge in [0.25, 0.3) is 0 Å². The molecule has 1 saturated carbocycles. The summed E-state index contributed by atoms with van der Waals surface area (Å²) in [7, 11) is 0. The van der Waals surface area contributed by atoms with Crippen molar-refractivity contribution in [3.63, 3.8) is 0 Å². The molecule has 0 spiro atoms. The van der Waals surface area contributed by atoms with Gasteiger partial charge in [-0.25, -0.2) is 0 Å². The highest BCUT2D eigenvalue weighted by Gasteiger charge is 2.27. The summed E-state index contributed by atoms with van der Waals surface area (Å²) >= 11 is 0. The second kappa shape index (κ2) is 8.77. The molecule has 1 aliphatic carbocycles. The Morgan fingerprint density at radius 2 is 1.92 bits per heavy atom. The summed E-state index contributed by atoms with van der Waals surface area (Å²) in [5.41, 5.74) is 4.15. The number of Topliss-reactive ketones (excluding diaryl/α,β-unsaturated/α-hetero) is 1. The molecule has 1 aliphatic rings. The van der Waals surface area contributed by atoms with Crippen molar-refractivity contribution in [3.8, 4) is 0 Å². The number of nitrogens with zero attached hydrogens (tertiary/aromatic N) is 1. The summed E-state index contributed by atoms with van der Waals surface area (Å²) in [5.74, 6) is 0.431. The van der Waals surface area contributed by atoms with Gasteiger partial charge in [0.05, 0.1) is 11.6 Å². The summed E-state index contributed by atoms with van der Waals surface area (Å²) in [6, 6.07) is 8.17. The smallest absolute Gasteiger partial charge is 0.165 e. The van der Waals surface area contributed by atoms with Crippen LogP contribution in [0, 0.1) is 12.8 Å². The van der Waals surface area contributed by atoms with Gasteiger partial charge in [0.2, 0.25) is 0 Å². The Labute approximate surface area is 157 Å². The standard InChI is InChI=1S/C23H31NO2/c1-4-6-13-26-21-10-7-18(8-11-21)23(25)19-9-12-22-20(15-19)14-17(5-2)16(3)24-22/h9,12,14-15,18,21H,4-8,10-11,13H2,1-3H3. The van der Waals surface area contributed by atoms with E-state index in [9.17, 15) is 4.79 Å². The number of hydrogen-bond donors (Lipinski definition) is 0. The van der Waals surface area contributed by atoms with Gasteiger partial charge >= 0.3 is 0 Å². The zero-order valence-electron chi connectivity index (χ0n) is 16.4. The van der Waals surface area contributed by atoms with Crippen LogP contribution in [0.3, 0.4) is 0 Å². The Morgan fingerprint density at radius 3 is 2.62 bits per heavy atom. The molecule has 0 unspecified atom stereocenters. The summed E-state index contributed by atoms with van der Waals surface area (Å²) in [6.45, 7) is 7.24. The van der Waals surface area contributed by atoms with Gasteiger partial charge in [0.15, 0.2) is 5.78 Å². The highest BCUT2D eigenvalue weighted by Crippen LogP contribution is 2.30. The molecule has 0 atom stereocenters. The average Bonchev–Trinajstić information content (AvgIpc) is 2.67. The number of pyridine rings is 1.